The van der Waals surface area contributed by atoms with Gasteiger partial charge in [0.25, 0.3) is 5.91 Å². The van der Waals surface area contributed by atoms with Crippen molar-refractivity contribution in [2.24, 2.45) is 5.84 Å². The average molecular weight is 260 g/mol. The number of hydrogen-bond donors (Lipinski definition) is 2. The third kappa shape index (κ3) is 3.29. The number of nitrogen functional groups attached to an aromatic ring is 1. The predicted octanol–water partition coefficient (Wildman–Crippen LogP) is 0.0180. The standard InChI is InChI=1S/C12H16N6O/c1-17(10-5-3-2-4-6-10)7-8-18-9-11(15-16-18)12(19)14-13/h2-6,9H,7-8,13H2,1H3,(H,14,19). The Bertz CT molecular complexity index is 538. The van der Waals surface area contributed by atoms with Crippen LogP contribution in [0.2, 0.25) is 0 Å². The van der Waals surface area contributed by atoms with Crippen LogP contribution < -0.4 is 16.2 Å². The maximum absolute atomic E-state index is 11.2. The lowest BCUT2D eigenvalue weighted by Gasteiger charge is -2.18. The molecule has 1 heterocycles. The van der Waals surface area contributed by atoms with Gasteiger partial charge in [-0.05, 0) is 12.1 Å². The molecule has 0 spiro atoms. The summed E-state index contributed by atoms with van der Waals surface area (Å²) in [6.45, 7) is 1.40. The molecule has 1 amide bonds. The highest BCUT2D eigenvalue weighted by Gasteiger charge is 2.09. The van der Waals surface area contributed by atoms with Gasteiger partial charge in [-0.3, -0.25) is 10.2 Å². The summed E-state index contributed by atoms with van der Waals surface area (Å²) < 4.78 is 1.62. The zero-order valence-electron chi connectivity index (χ0n) is 10.7. The van der Waals surface area contributed by atoms with E-state index in [4.69, 9.17) is 5.84 Å². The molecule has 0 saturated heterocycles. The molecule has 19 heavy (non-hydrogen) atoms. The molecule has 0 atom stereocenters. The van der Waals surface area contributed by atoms with Crippen molar-refractivity contribution in [3.05, 3.63) is 42.2 Å². The molecule has 2 aromatic rings. The maximum Gasteiger partial charge on any atom is 0.287 e. The smallest absolute Gasteiger partial charge is 0.287 e. The lowest BCUT2D eigenvalue weighted by molar-refractivity contribution is 0.0948. The predicted molar refractivity (Wildman–Crippen MR) is 71.4 cm³/mol. The number of nitrogens with two attached hydrogens (primary N) is 1. The van der Waals surface area contributed by atoms with Crippen LogP contribution in [0, 0.1) is 0 Å². The van der Waals surface area contributed by atoms with Gasteiger partial charge in [0.1, 0.15) is 0 Å². The number of benzene rings is 1. The Hall–Kier alpha value is -2.41. The van der Waals surface area contributed by atoms with Gasteiger partial charge in [0.15, 0.2) is 5.69 Å². The average Bonchev–Trinajstić information content (AvgIpc) is 2.93. The first-order chi connectivity index (χ1) is 9.20. The monoisotopic (exact) mass is 260 g/mol. The highest BCUT2D eigenvalue weighted by Crippen LogP contribution is 2.10. The Balaban J connectivity index is 1.92. The molecule has 1 aromatic carbocycles. The van der Waals surface area contributed by atoms with Gasteiger partial charge in [-0.1, -0.05) is 23.4 Å². The van der Waals surface area contributed by atoms with E-state index in [-0.39, 0.29) is 5.69 Å². The summed E-state index contributed by atoms with van der Waals surface area (Å²) in [6.07, 6.45) is 1.57. The van der Waals surface area contributed by atoms with Crippen molar-refractivity contribution in [3.8, 4) is 0 Å². The highest BCUT2D eigenvalue weighted by molar-refractivity contribution is 5.91. The minimum absolute atomic E-state index is 0.213. The third-order valence-corrected chi connectivity index (χ3v) is 2.76. The summed E-state index contributed by atoms with van der Waals surface area (Å²) in [6, 6.07) is 10.0. The Kier molecular flexibility index (Phi) is 4.09. The van der Waals surface area contributed by atoms with Crippen molar-refractivity contribution < 1.29 is 4.79 Å². The van der Waals surface area contributed by atoms with E-state index < -0.39 is 5.91 Å². The largest absolute Gasteiger partial charge is 0.373 e. The van der Waals surface area contributed by atoms with E-state index in [1.807, 2.05) is 42.8 Å². The fourth-order valence-corrected chi connectivity index (χ4v) is 1.65. The number of rotatable bonds is 5. The van der Waals surface area contributed by atoms with Crippen LogP contribution in [0.4, 0.5) is 5.69 Å². The van der Waals surface area contributed by atoms with Crippen molar-refractivity contribution >= 4 is 11.6 Å². The first-order valence-corrected chi connectivity index (χ1v) is 5.88. The summed E-state index contributed by atoms with van der Waals surface area (Å²) in [7, 11) is 2.00. The summed E-state index contributed by atoms with van der Waals surface area (Å²) >= 11 is 0. The molecule has 0 unspecified atom stereocenters. The molecule has 0 fully saturated rings. The van der Waals surface area contributed by atoms with E-state index in [9.17, 15) is 4.79 Å². The topological polar surface area (TPSA) is 89.1 Å². The van der Waals surface area contributed by atoms with Gasteiger partial charge in [-0.25, -0.2) is 10.5 Å². The number of hydrogen-bond acceptors (Lipinski definition) is 5. The fourth-order valence-electron chi connectivity index (χ4n) is 1.65. The van der Waals surface area contributed by atoms with Crippen LogP contribution in [0.1, 0.15) is 10.5 Å². The van der Waals surface area contributed by atoms with Crippen LogP contribution >= 0.6 is 0 Å². The summed E-state index contributed by atoms with van der Waals surface area (Å²) in [4.78, 5) is 13.3. The lowest BCUT2D eigenvalue weighted by Crippen LogP contribution is -2.30. The van der Waals surface area contributed by atoms with E-state index >= 15 is 0 Å². The van der Waals surface area contributed by atoms with Gasteiger partial charge >= 0.3 is 0 Å². The number of amides is 1. The van der Waals surface area contributed by atoms with E-state index in [0.717, 1.165) is 12.2 Å². The quantitative estimate of drug-likeness (QED) is 0.449. The van der Waals surface area contributed by atoms with Crippen molar-refractivity contribution in [1.29, 1.82) is 0 Å². The molecule has 7 nitrogen and oxygen atoms in total. The number of hydrazine groups is 1. The fraction of sp³-hybridized carbons (Fsp3) is 0.250. The molecule has 0 bridgehead atoms. The number of carbonyl (C=O) groups excluding carboxylic acids is 1. The second kappa shape index (κ2) is 5.96. The molecule has 0 aliphatic rings. The molecule has 0 aliphatic heterocycles. The van der Waals surface area contributed by atoms with Gasteiger partial charge in [0.05, 0.1) is 12.7 Å². The molecule has 0 radical (unpaired) electrons. The van der Waals surface area contributed by atoms with Gasteiger partial charge in [-0.15, -0.1) is 5.10 Å². The molecule has 1 aromatic heterocycles. The molecular formula is C12H16N6O. The number of nitrogens with zero attached hydrogens (tertiary/aromatic N) is 4. The second-order valence-electron chi connectivity index (χ2n) is 4.10. The summed E-state index contributed by atoms with van der Waals surface area (Å²) in [5.74, 6) is 4.58. The van der Waals surface area contributed by atoms with Gasteiger partial charge in [-0.2, -0.15) is 0 Å². The summed E-state index contributed by atoms with van der Waals surface area (Å²) in [5.41, 5.74) is 3.36. The van der Waals surface area contributed by atoms with Crippen LogP contribution in [-0.4, -0.2) is 34.5 Å². The Morgan fingerprint density at radius 3 is 2.84 bits per heavy atom. The van der Waals surface area contributed by atoms with Crippen molar-refractivity contribution in [1.82, 2.24) is 20.4 Å². The molecule has 0 saturated carbocycles. The molecule has 2 rings (SSSR count). The number of carbonyl (C=O) groups is 1. The van der Waals surface area contributed by atoms with Crippen molar-refractivity contribution in [2.75, 3.05) is 18.5 Å². The molecule has 3 N–H and O–H groups in total. The minimum Gasteiger partial charge on any atom is -0.373 e. The zero-order chi connectivity index (χ0) is 13.7. The Labute approximate surface area is 111 Å². The summed E-state index contributed by atoms with van der Waals surface area (Å²) in [5, 5.41) is 7.61. The molecule has 7 heteroatoms. The minimum atomic E-state index is -0.442. The van der Waals surface area contributed by atoms with Crippen LogP contribution in [0.5, 0.6) is 0 Å². The van der Waals surface area contributed by atoms with Crippen molar-refractivity contribution in [3.63, 3.8) is 0 Å². The maximum atomic E-state index is 11.2. The number of para-hydroxylation sites is 1. The van der Waals surface area contributed by atoms with Crippen LogP contribution in [-0.2, 0) is 6.54 Å². The van der Waals surface area contributed by atoms with E-state index in [1.165, 1.54) is 0 Å². The van der Waals surface area contributed by atoms with Gasteiger partial charge in [0, 0.05) is 19.3 Å². The number of aromatic nitrogens is 3. The normalized spacial score (nSPS) is 10.2. The molecular weight excluding hydrogens is 244 g/mol. The lowest BCUT2D eigenvalue weighted by atomic mass is 10.3. The first kappa shape index (κ1) is 13.0. The van der Waals surface area contributed by atoms with E-state index in [1.54, 1.807) is 10.9 Å². The number of nitrogens with one attached hydrogen (secondary N) is 1. The van der Waals surface area contributed by atoms with Crippen LogP contribution in [0.25, 0.3) is 0 Å². The Morgan fingerprint density at radius 2 is 2.16 bits per heavy atom. The number of anilines is 1. The Morgan fingerprint density at radius 1 is 1.42 bits per heavy atom. The second-order valence-corrected chi connectivity index (χ2v) is 4.10. The van der Waals surface area contributed by atoms with Crippen molar-refractivity contribution in [2.45, 2.75) is 6.54 Å². The zero-order valence-corrected chi connectivity index (χ0v) is 10.7. The van der Waals surface area contributed by atoms with Crippen LogP contribution in [0.3, 0.4) is 0 Å². The van der Waals surface area contributed by atoms with E-state index in [0.29, 0.717) is 6.54 Å². The van der Waals surface area contributed by atoms with E-state index in [2.05, 4.69) is 15.2 Å². The highest BCUT2D eigenvalue weighted by atomic mass is 16.2. The molecule has 100 valence electrons. The van der Waals surface area contributed by atoms with Gasteiger partial charge < -0.3 is 4.90 Å². The third-order valence-electron chi connectivity index (χ3n) is 2.76. The SMILES string of the molecule is CN(CCn1cc(C(=O)NN)nn1)c1ccccc1. The molecule has 0 aliphatic carbocycles. The number of likely N-dealkylation sites (N-methyl/N-ethyl adjacent to an activating group) is 1. The van der Waals surface area contributed by atoms with Gasteiger partial charge in [0.2, 0.25) is 0 Å². The first-order valence-electron chi connectivity index (χ1n) is 5.88. The van der Waals surface area contributed by atoms with Crippen LogP contribution in [0.15, 0.2) is 36.5 Å².